The summed E-state index contributed by atoms with van der Waals surface area (Å²) in [5, 5.41) is 12.4. The molecule has 1 aromatic heterocycles. The van der Waals surface area contributed by atoms with Crippen molar-refractivity contribution in [2.24, 2.45) is 0 Å². The second kappa shape index (κ2) is 6.01. The molecule has 0 saturated heterocycles. The van der Waals surface area contributed by atoms with Crippen molar-refractivity contribution < 1.29 is 14.7 Å². The van der Waals surface area contributed by atoms with Gasteiger partial charge in [-0.3, -0.25) is 10.1 Å². The van der Waals surface area contributed by atoms with Gasteiger partial charge in [0.1, 0.15) is 6.54 Å². The molecule has 7 heteroatoms. The van der Waals surface area contributed by atoms with Crippen molar-refractivity contribution >= 4 is 28.5 Å². The SMILES string of the molecule is O=C(O)CN(C(=O)Nc1nc2c(s1)CCC2)C1CCCC1. The van der Waals surface area contributed by atoms with E-state index in [0.717, 1.165) is 50.6 Å². The maximum atomic E-state index is 12.4. The molecule has 0 aromatic carbocycles. The zero-order valence-electron chi connectivity index (χ0n) is 11.8. The third kappa shape index (κ3) is 3.18. The van der Waals surface area contributed by atoms with Gasteiger partial charge < -0.3 is 10.0 Å². The summed E-state index contributed by atoms with van der Waals surface area (Å²) in [5.74, 6) is -0.973. The van der Waals surface area contributed by atoms with Gasteiger partial charge in [-0.05, 0) is 32.1 Å². The molecule has 114 valence electrons. The van der Waals surface area contributed by atoms with Crippen LogP contribution >= 0.6 is 11.3 Å². The molecule has 0 aliphatic heterocycles. The lowest BCUT2D eigenvalue weighted by molar-refractivity contribution is -0.138. The van der Waals surface area contributed by atoms with Crippen LogP contribution in [0.5, 0.6) is 0 Å². The molecule has 0 atom stereocenters. The number of nitrogens with zero attached hydrogens (tertiary/aromatic N) is 2. The highest BCUT2D eigenvalue weighted by Crippen LogP contribution is 2.31. The lowest BCUT2D eigenvalue weighted by atomic mass is 10.2. The Kier molecular flexibility index (Phi) is 4.10. The number of fused-ring (bicyclic) bond motifs is 1. The minimum absolute atomic E-state index is 0.0351. The van der Waals surface area contributed by atoms with Crippen molar-refractivity contribution in [2.45, 2.75) is 51.0 Å². The Labute approximate surface area is 127 Å². The maximum absolute atomic E-state index is 12.4. The van der Waals surface area contributed by atoms with Gasteiger partial charge in [0.15, 0.2) is 5.13 Å². The Balaban J connectivity index is 1.68. The van der Waals surface area contributed by atoms with Gasteiger partial charge in [0.2, 0.25) is 0 Å². The number of rotatable bonds is 4. The Morgan fingerprint density at radius 2 is 2.05 bits per heavy atom. The van der Waals surface area contributed by atoms with E-state index in [9.17, 15) is 9.59 Å². The zero-order chi connectivity index (χ0) is 14.8. The van der Waals surface area contributed by atoms with E-state index < -0.39 is 5.97 Å². The van der Waals surface area contributed by atoms with Gasteiger partial charge in [-0.1, -0.05) is 12.8 Å². The average Bonchev–Trinajstić information content (AvgIpc) is 3.11. The number of hydrogen-bond donors (Lipinski definition) is 2. The number of carbonyl (C=O) groups excluding carboxylic acids is 1. The molecule has 1 fully saturated rings. The van der Waals surface area contributed by atoms with Crippen LogP contribution in [0.2, 0.25) is 0 Å². The molecule has 1 aromatic rings. The number of amides is 2. The topological polar surface area (TPSA) is 82.5 Å². The Hall–Kier alpha value is -1.63. The van der Waals surface area contributed by atoms with Gasteiger partial charge in [0.25, 0.3) is 0 Å². The van der Waals surface area contributed by atoms with Crippen molar-refractivity contribution in [3.63, 3.8) is 0 Å². The van der Waals surface area contributed by atoms with Gasteiger partial charge in [0.05, 0.1) is 5.69 Å². The molecule has 1 saturated carbocycles. The fraction of sp³-hybridized carbons (Fsp3) is 0.643. The minimum Gasteiger partial charge on any atom is -0.480 e. The van der Waals surface area contributed by atoms with E-state index in [-0.39, 0.29) is 18.6 Å². The molecule has 2 aliphatic carbocycles. The lowest BCUT2D eigenvalue weighted by Crippen LogP contribution is -2.44. The fourth-order valence-electron chi connectivity index (χ4n) is 3.14. The van der Waals surface area contributed by atoms with Crippen LogP contribution in [-0.2, 0) is 17.6 Å². The predicted octanol–water partition coefficient (Wildman–Crippen LogP) is 2.49. The van der Waals surface area contributed by atoms with Crippen molar-refractivity contribution in [1.29, 1.82) is 0 Å². The number of carboxylic acid groups (broad SMARTS) is 1. The molecule has 0 radical (unpaired) electrons. The van der Waals surface area contributed by atoms with Crippen LogP contribution in [0, 0.1) is 0 Å². The smallest absolute Gasteiger partial charge is 0.324 e. The van der Waals surface area contributed by atoms with Crippen molar-refractivity contribution in [1.82, 2.24) is 9.88 Å². The van der Waals surface area contributed by atoms with Crippen LogP contribution in [0.15, 0.2) is 0 Å². The third-order valence-electron chi connectivity index (χ3n) is 4.14. The van der Waals surface area contributed by atoms with Gasteiger partial charge in [-0.2, -0.15) is 0 Å². The standard InChI is InChI=1S/C14H19N3O3S/c18-12(19)8-17(9-4-1-2-5-9)14(20)16-13-15-10-6-3-7-11(10)21-13/h9H,1-8H2,(H,18,19)(H,15,16,20). The van der Waals surface area contributed by atoms with E-state index >= 15 is 0 Å². The van der Waals surface area contributed by atoms with Crippen LogP contribution < -0.4 is 5.32 Å². The van der Waals surface area contributed by atoms with E-state index in [1.165, 1.54) is 21.1 Å². The zero-order valence-corrected chi connectivity index (χ0v) is 12.6. The number of thiazole rings is 1. The van der Waals surface area contributed by atoms with Crippen LogP contribution in [0.1, 0.15) is 42.7 Å². The number of hydrogen-bond acceptors (Lipinski definition) is 4. The summed E-state index contributed by atoms with van der Waals surface area (Å²) in [6.07, 6.45) is 7.02. The Morgan fingerprint density at radius 3 is 2.71 bits per heavy atom. The van der Waals surface area contributed by atoms with E-state index in [0.29, 0.717) is 5.13 Å². The van der Waals surface area contributed by atoms with Gasteiger partial charge >= 0.3 is 12.0 Å². The molecule has 1 heterocycles. The minimum atomic E-state index is -0.973. The first-order valence-corrected chi connectivity index (χ1v) is 8.23. The normalized spacial score (nSPS) is 17.7. The van der Waals surface area contributed by atoms with Crippen LogP contribution in [-0.4, -0.2) is 39.6 Å². The van der Waals surface area contributed by atoms with Crippen LogP contribution in [0.25, 0.3) is 0 Å². The second-order valence-electron chi connectivity index (χ2n) is 5.63. The van der Waals surface area contributed by atoms with Gasteiger partial charge in [0, 0.05) is 10.9 Å². The summed E-state index contributed by atoms with van der Waals surface area (Å²) in [4.78, 5) is 30.5. The van der Waals surface area contributed by atoms with Crippen molar-refractivity contribution in [3.8, 4) is 0 Å². The quantitative estimate of drug-likeness (QED) is 0.895. The first kappa shape index (κ1) is 14.3. The highest BCUT2D eigenvalue weighted by atomic mass is 32.1. The average molecular weight is 309 g/mol. The van der Waals surface area contributed by atoms with E-state index in [2.05, 4.69) is 10.3 Å². The number of carbonyl (C=O) groups is 2. The molecule has 2 N–H and O–H groups in total. The first-order valence-electron chi connectivity index (χ1n) is 7.41. The summed E-state index contributed by atoms with van der Waals surface area (Å²) >= 11 is 1.51. The molecule has 2 amide bonds. The molecule has 6 nitrogen and oxygen atoms in total. The molecular weight excluding hydrogens is 290 g/mol. The summed E-state index contributed by atoms with van der Waals surface area (Å²) < 4.78 is 0. The number of anilines is 1. The predicted molar refractivity (Wildman–Crippen MR) is 79.8 cm³/mol. The Morgan fingerprint density at radius 1 is 1.29 bits per heavy atom. The highest BCUT2D eigenvalue weighted by molar-refractivity contribution is 7.15. The van der Waals surface area contributed by atoms with Gasteiger partial charge in [-0.25, -0.2) is 9.78 Å². The summed E-state index contributed by atoms with van der Waals surface area (Å²) in [6.45, 7) is -0.248. The number of carboxylic acids is 1. The molecular formula is C14H19N3O3S. The number of aryl methyl sites for hydroxylation is 2. The third-order valence-corrected chi connectivity index (χ3v) is 5.21. The molecule has 3 rings (SSSR count). The van der Waals surface area contributed by atoms with Crippen molar-refractivity contribution in [2.75, 3.05) is 11.9 Å². The van der Waals surface area contributed by atoms with E-state index in [4.69, 9.17) is 5.11 Å². The van der Waals surface area contributed by atoms with Crippen LogP contribution in [0.4, 0.5) is 9.93 Å². The number of aromatic nitrogens is 1. The molecule has 21 heavy (non-hydrogen) atoms. The molecule has 2 aliphatic rings. The summed E-state index contributed by atoms with van der Waals surface area (Å²) in [6, 6.07) is -0.301. The molecule has 0 unspecified atom stereocenters. The first-order chi connectivity index (χ1) is 10.1. The number of aliphatic carboxylic acids is 1. The van der Waals surface area contributed by atoms with Crippen LogP contribution in [0.3, 0.4) is 0 Å². The lowest BCUT2D eigenvalue weighted by Gasteiger charge is -2.26. The number of nitrogens with one attached hydrogen (secondary N) is 1. The maximum Gasteiger partial charge on any atom is 0.324 e. The van der Waals surface area contributed by atoms with Crippen molar-refractivity contribution in [3.05, 3.63) is 10.6 Å². The largest absolute Gasteiger partial charge is 0.480 e. The Bertz CT molecular complexity index is 530. The van der Waals surface area contributed by atoms with Gasteiger partial charge in [-0.15, -0.1) is 11.3 Å². The van der Waals surface area contributed by atoms with E-state index in [1.807, 2.05) is 0 Å². The molecule has 0 bridgehead atoms. The summed E-state index contributed by atoms with van der Waals surface area (Å²) in [5.41, 5.74) is 1.08. The highest BCUT2D eigenvalue weighted by Gasteiger charge is 2.29. The van der Waals surface area contributed by atoms with E-state index in [1.54, 1.807) is 0 Å². The second-order valence-corrected chi connectivity index (χ2v) is 6.72. The summed E-state index contributed by atoms with van der Waals surface area (Å²) in [7, 11) is 0. The molecule has 0 spiro atoms. The number of urea groups is 1. The monoisotopic (exact) mass is 309 g/mol. The fourth-order valence-corrected chi connectivity index (χ4v) is 4.18.